The maximum absolute atomic E-state index is 13.8. The molecule has 0 aromatic rings. The SMILES string of the molecule is CC1=C/C(=N/NC(N)=O)[C@H](C(=O)O[C@@H]2C[C@H](C)CC[C@@H]2C(C)C)[C@H](C)[C@@H]1C(=O)O[C@@H]1C[C@@H](C)CC[C@@H]1C(C)C. The number of hydrogen-bond donors (Lipinski definition) is 2. The van der Waals surface area contributed by atoms with Gasteiger partial charge in [0.2, 0.25) is 0 Å². The van der Waals surface area contributed by atoms with Crippen LogP contribution in [0.25, 0.3) is 0 Å². The Morgan fingerprint density at radius 1 is 0.846 bits per heavy atom. The number of esters is 2. The van der Waals surface area contributed by atoms with E-state index in [1.165, 1.54) is 0 Å². The maximum Gasteiger partial charge on any atom is 0.332 e. The fourth-order valence-electron chi connectivity index (χ4n) is 7.19. The number of rotatable bonds is 7. The molecule has 8 heteroatoms. The molecule has 2 fully saturated rings. The molecule has 3 N–H and O–H groups in total. The molecule has 3 rings (SSSR count). The van der Waals surface area contributed by atoms with E-state index < -0.39 is 29.8 Å². The quantitative estimate of drug-likeness (QED) is 0.307. The lowest BCUT2D eigenvalue weighted by Crippen LogP contribution is -2.46. The number of hydrogen-bond acceptors (Lipinski definition) is 6. The first-order chi connectivity index (χ1) is 18.3. The number of ether oxygens (including phenoxy) is 2. The van der Waals surface area contributed by atoms with Crippen LogP contribution < -0.4 is 11.2 Å². The zero-order valence-corrected chi connectivity index (χ0v) is 25.2. The standard InChI is InChI=1S/C31H51N3O5/c1-16(2)22-11-9-18(5)13-25(22)38-29(35)27-20(7)15-24(33-34-31(32)37)28(21(27)8)30(36)39-26-14-19(6)10-12-23(26)17(3)4/h15-19,21-23,25-28H,9-14H2,1-8H3,(H3,32,34,37)/b33-24-/t18-,19+,21+,22+,23+,25+,26+,27+,28+/m0/s1. The fourth-order valence-corrected chi connectivity index (χ4v) is 7.19. The van der Waals surface area contributed by atoms with Gasteiger partial charge in [0.15, 0.2) is 0 Å². The highest BCUT2D eigenvalue weighted by Gasteiger charge is 2.46. The van der Waals surface area contributed by atoms with Crippen molar-refractivity contribution in [2.75, 3.05) is 0 Å². The van der Waals surface area contributed by atoms with E-state index in [4.69, 9.17) is 15.2 Å². The van der Waals surface area contributed by atoms with Gasteiger partial charge in [-0.25, -0.2) is 10.2 Å². The monoisotopic (exact) mass is 545 g/mol. The van der Waals surface area contributed by atoms with Gasteiger partial charge in [-0.15, -0.1) is 0 Å². The van der Waals surface area contributed by atoms with Gasteiger partial charge in [-0.05, 0) is 80.1 Å². The Hall–Kier alpha value is -2.38. The number of hydrazone groups is 1. The van der Waals surface area contributed by atoms with E-state index in [9.17, 15) is 14.4 Å². The summed E-state index contributed by atoms with van der Waals surface area (Å²) in [5.74, 6) is -0.198. The molecule has 0 unspecified atom stereocenters. The second-order valence-electron chi connectivity index (χ2n) is 13.3. The lowest BCUT2D eigenvalue weighted by atomic mass is 9.71. The normalized spacial score (nSPS) is 36.4. The average molecular weight is 546 g/mol. The highest BCUT2D eigenvalue weighted by molar-refractivity contribution is 6.11. The Bertz CT molecular complexity index is 958. The summed E-state index contributed by atoms with van der Waals surface area (Å²) in [6.45, 7) is 16.8. The molecule has 9 atom stereocenters. The molecular formula is C31H51N3O5. The number of nitrogens with one attached hydrogen (secondary N) is 1. The molecule has 0 bridgehead atoms. The Morgan fingerprint density at radius 2 is 1.31 bits per heavy atom. The molecule has 0 heterocycles. The Labute approximate surface area is 234 Å². The summed E-state index contributed by atoms with van der Waals surface area (Å²) < 4.78 is 12.4. The van der Waals surface area contributed by atoms with Crippen molar-refractivity contribution in [2.45, 2.75) is 106 Å². The number of primary amides is 1. The third-order valence-corrected chi connectivity index (χ3v) is 9.50. The van der Waals surface area contributed by atoms with Gasteiger partial charge < -0.3 is 15.2 Å². The minimum absolute atomic E-state index is 0.131. The van der Waals surface area contributed by atoms with Gasteiger partial charge in [-0.1, -0.05) is 66.9 Å². The molecule has 2 amide bonds. The van der Waals surface area contributed by atoms with Crippen molar-refractivity contribution in [3.8, 4) is 0 Å². The Kier molecular flexibility index (Phi) is 10.6. The number of allylic oxidation sites excluding steroid dienone is 1. The molecular weight excluding hydrogens is 494 g/mol. The molecule has 3 aliphatic rings. The van der Waals surface area contributed by atoms with Crippen LogP contribution in [-0.2, 0) is 19.1 Å². The zero-order chi connectivity index (χ0) is 29.0. The molecule has 0 saturated heterocycles. The van der Waals surface area contributed by atoms with Crippen molar-refractivity contribution in [1.29, 1.82) is 0 Å². The fraction of sp³-hybridized carbons (Fsp3) is 0.806. The summed E-state index contributed by atoms with van der Waals surface area (Å²) in [4.78, 5) is 39.0. The van der Waals surface area contributed by atoms with Gasteiger partial charge in [-0.3, -0.25) is 9.59 Å². The number of amides is 2. The molecule has 220 valence electrons. The highest BCUT2D eigenvalue weighted by Crippen LogP contribution is 2.41. The minimum atomic E-state index is -0.825. The molecule has 3 aliphatic carbocycles. The molecule has 2 saturated carbocycles. The van der Waals surface area contributed by atoms with E-state index in [2.05, 4.69) is 52.1 Å². The molecule has 0 radical (unpaired) electrons. The number of carbonyl (C=O) groups is 3. The summed E-state index contributed by atoms with van der Waals surface area (Å²) in [5.41, 5.74) is 8.65. The summed E-state index contributed by atoms with van der Waals surface area (Å²) in [7, 11) is 0. The van der Waals surface area contributed by atoms with Crippen LogP contribution in [0.3, 0.4) is 0 Å². The average Bonchev–Trinajstić information content (AvgIpc) is 2.82. The first-order valence-corrected chi connectivity index (χ1v) is 15.0. The van der Waals surface area contributed by atoms with Crippen molar-refractivity contribution in [3.05, 3.63) is 11.6 Å². The van der Waals surface area contributed by atoms with Crippen LogP contribution in [-0.4, -0.2) is 35.9 Å². The first kappa shape index (κ1) is 31.2. The summed E-state index contributed by atoms with van der Waals surface area (Å²) in [6, 6.07) is -0.818. The van der Waals surface area contributed by atoms with Crippen molar-refractivity contribution in [3.63, 3.8) is 0 Å². The lowest BCUT2D eigenvalue weighted by molar-refractivity contribution is -0.165. The molecule has 0 spiro atoms. The second kappa shape index (κ2) is 13.3. The molecule has 0 aliphatic heterocycles. The van der Waals surface area contributed by atoms with Gasteiger partial charge in [-0.2, -0.15) is 5.10 Å². The van der Waals surface area contributed by atoms with Crippen molar-refractivity contribution in [2.24, 2.45) is 64.1 Å². The van der Waals surface area contributed by atoms with Crippen LogP contribution in [0, 0.1) is 53.3 Å². The van der Waals surface area contributed by atoms with E-state index in [1.807, 2.05) is 13.8 Å². The molecule has 0 aromatic heterocycles. The van der Waals surface area contributed by atoms with E-state index in [0.717, 1.165) is 44.1 Å². The van der Waals surface area contributed by atoms with E-state index in [0.29, 0.717) is 35.3 Å². The van der Waals surface area contributed by atoms with Crippen LogP contribution in [0.1, 0.15) is 93.9 Å². The molecule has 39 heavy (non-hydrogen) atoms. The second-order valence-corrected chi connectivity index (χ2v) is 13.3. The summed E-state index contributed by atoms with van der Waals surface area (Å²) in [5, 5.41) is 4.17. The van der Waals surface area contributed by atoms with Crippen LogP contribution in [0.4, 0.5) is 4.79 Å². The predicted molar refractivity (Wildman–Crippen MR) is 153 cm³/mol. The number of urea groups is 1. The Balaban J connectivity index is 1.88. The van der Waals surface area contributed by atoms with Gasteiger partial charge in [0.1, 0.15) is 18.1 Å². The topological polar surface area (TPSA) is 120 Å². The Morgan fingerprint density at radius 3 is 1.74 bits per heavy atom. The number of nitrogens with two attached hydrogens (primary N) is 1. The van der Waals surface area contributed by atoms with Gasteiger partial charge in [0.25, 0.3) is 0 Å². The van der Waals surface area contributed by atoms with E-state index in [1.54, 1.807) is 6.08 Å². The van der Waals surface area contributed by atoms with Crippen LogP contribution in [0.15, 0.2) is 16.8 Å². The minimum Gasteiger partial charge on any atom is -0.462 e. The van der Waals surface area contributed by atoms with Crippen molar-refractivity contribution < 1.29 is 23.9 Å². The van der Waals surface area contributed by atoms with Gasteiger partial charge in [0, 0.05) is 0 Å². The molecule has 8 nitrogen and oxygen atoms in total. The largest absolute Gasteiger partial charge is 0.462 e. The summed E-state index contributed by atoms with van der Waals surface area (Å²) >= 11 is 0. The number of carbonyl (C=O) groups excluding carboxylic acids is 3. The maximum atomic E-state index is 13.8. The predicted octanol–water partition coefficient (Wildman–Crippen LogP) is 5.85. The van der Waals surface area contributed by atoms with Crippen LogP contribution in [0.2, 0.25) is 0 Å². The third kappa shape index (κ3) is 7.63. The lowest BCUT2D eigenvalue weighted by Gasteiger charge is -2.40. The van der Waals surface area contributed by atoms with Gasteiger partial charge >= 0.3 is 18.0 Å². The van der Waals surface area contributed by atoms with Crippen molar-refractivity contribution in [1.82, 2.24) is 5.43 Å². The van der Waals surface area contributed by atoms with Crippen LogP contribution in [0.5, 0.6) is 0 Å². The zero-order valence-electron chi connectivity index (χ0n) is 25.2. The van der Waals surface area contributed by atoms with E-state index in [-0.39, 0.29) is 24.1 Å². The van der Waals surface area contributed by atoms with E-state index >= 15 is 0 Å². The van der Waals surface area contributed by atoms with Crippen molar-refractivity contribution >= 4 is 23.7 Å². The number of nitrogens with zero attached hydrogens (tertiary/aromatic N) is 1. The van der Waals surface area contributed by atoms with Crippen LogP contribution >= 0.6 is 0 Å². The summed E-state index contributed by atoms with van der Waals surface area (Å²) in [6.07, 6.45) is 7.40. The highest BCUT2D eigenvalue weighted by atomic mass is 16.5. The first-order valence-electron chi connectivity index (χ1n) is 15.0. The van der Waals surface area contributed by atoms with Gasteiger partial charge in [0.05, 0.1) is 11.6 Å². The third-order valence-electron chi connectivity index (χ3n) is 9.50. The smallest absolute Gasteiger partial charge is 0.332 e. The molecule has 0 aromatic carbocycles.